The van der Waals surface area contributed by atoms with Crippen LogP contribution in [0.25, 0.3) is 0 Å². The predicted molar refractivity (Wildman–Crippen MR) is 137 cm³/mol. The topological polar surface area (TPSA) is 99.7 Å². The fourth-order valence-corrected chi connectivity index (χ4v) is 3.32. The number of nitrogens with zero attached hydrogens (tertiary/aromatic N) is 4. The molecule has 1 aromatic heterocycles. The van der Waals surface area contributed by atoms with Crippen LogP contribution in [0.5, 0.6) is 5.75 Å². The van der Waals surface area contributed by atoms with Gasteiger partial charge in [-0.3, -0.25) is 15.1 Å². The van der Waals surface area contributed by atoms with Gasteiger partial charge in [-0.15, -0.1) is 0 Å². The molecule has 2 N–H and O–H groups in total. The van der Waals surface area contributed by atoms with E-state index >= 15 is 0 Å². The average Bonchev–Trinajstić information content (AvgIpc) is 2.84. The lowest BCUT2D eigenvalue weighted by molar-refractivity contribution is 0.0784. The number of rotatable bonds is 10. The van der Waals surface area contributed by atoms with Crippen molar-refractivity contribution in [2.24, 2.45) is 0 Å². The van der Waals surface area contributed by atoms with E-state index in [2.05, 4.69) is 25.5 Å². The van der Waals surface area contributed by atoms with Gasteiger partial charge in [-0.25, -0.2) is 9.78 Å². The van der Waals surface area contributed by atoms with Crippen molar-refractivity contribution in [2.75, 3.05) is 44.9 Å². The lowest BCUT2D eigenvalue weighted by Crippen LogP contribution is -2.26. The third-order valence-corrected chi connectivity index (χ3v) is 5.12. The normalized spacial score (nSPS) is 10.7. The molecule has 0 radical (unpaired) electrons. The Balaban J connectivity index is 1.73. The van der Waals surface area contributed by atoms with Crippen LogP contribution < -0.4 is 15.4 Å². The van der Waals surface area contributed by atoms with Gasteiger partial charge in [-0.05, 0) is 51.2 Å². The molecule has 1 heterocycles. The highest BCUT2D eigenvalue weighted by molar-refractivity contribution is 6.01. The summed E-state index contributed by atoms with van der Waals surface area (Å²) in [5.41, 5.74) is 2.72. The quantitative estimate of drug-likeness (QED) is 0.429. The highest BCUT2D eigenvalue weighted by Gasteiger charge is 2.16. The van der Waals surface area contributed by atoms with Gasteiger partial charge in [0.15, 0.2) is 5.82 Å². The molecular weight excluding hydrogens is 444 g/mol. The van der Waals surface area contributed by atoms with E-state index in [1.54, 1.807) is 36.3 Å². The van der Waals surface area contributed by atoms with E-state index < -0.39 is 6.03 Å². The Bertz CT molecular complexity index is 1120. The molecule has 0 fully saturated rings. The number of hydrogen-bond donors (Lipinski definition) is 2. The summed E-state index contributed by atoms with van der Waals surface area (Å²) in [6.45, 7) is 3.60. The zero-order valence-corrected chi connectivity index (χ0v) is 20.6. The molecule has 3 amide bonds. The number of nitrogens with one attached hydrogen (secondary N) is 2. The summed E-state index contributed by atoms with van der Waals surface area (Å²) in [7, 11) is 5.75. The third-order valence-electron chi connectivity index (χ3n) is 5.12. The zero-order valence-electron chi connectivity index (χ0n) is 20.6. The number of benzene rings is 2. The number of carbonyl (C=O) groups is 2. The Labute approximate surface area is 206 Å². The van der Waals surface area contributed by atoms with Crippen molar-refractivity contribution in [3.63, 3.8) is 0 Å². The SMILES string of the molecule is Cc1cnc(NC(=O)Nc2ccc(C(=O)N(C)Cc3ccccc3)cc2OCCCN(C)C)cn1. The van der Waals surface area contributed by atoms with Gasteiger partial charge in [0.05, 0.1) is 30.4 Å². The van der Waals surface area contributed by atoms with Crippen LogP contribution in [0.3, 0.4) is 0 Å². The van der Waals surface area contributed by atoms with Crippen LogP contribution in [0.4, 0.5) is 16.3 Å². The number of urea groups is 1. The summed E-state index contributed by atoms with van der Waals surface area (Å²) in [4.78, 5) is 37.6. The van der Waals surface area contributed by atoms with Crippen molar-refractivity contribution in [3.05, 3.63) is 77.7 Å². The summed E-state index contributed by atoms with van der Waals surface area (Å²) in [6, 6.07) is 14.3. The maximum absolute atomic E-state index is 13.1. The molecule has 0 atom stereocenters. The molecule has 0 bridgehead atoms. The highest BCUT2D eigenvalue weighted by Crippen LogP contribution is 2.27. The van der Waals surface area contributed by atoms with Crippen molar-refractivity contribution in [1.29, 1.82) is 0 Å². The molecule has 0 aliphatic heterocycles. The van der Waals surface area contributed by atoms with Crippen LogP contribution in [0.1, 0.15) is 28.0 Å². The van der Waals surface area contributed by atoms with Gasteiger partial charge in [0.2, 0.25) is 0 Å². The predicted octanol–water partition coefficient (Wildman–Crippen LogP) is 4.03. The van der Waals surface area contributed by atoms with Crippen molar-refractivity contribution >= 4 is 23.4 Å². The van der Waals surface area contributed by atoms with Gasteiger partial charge >= 0.3 is 6.03 Å². The number of hydrogen-bond acceptors (Lipinski definition) is 6. The maximum Gasteiger partial charge on any atom is 0.324 e. The number of anilines is 2. The van der Waals surface area contributed by atoms with Crippen molar-refractivity contribution in [1.82, 2.24) is 19.8 Å². The van der Waals surface area contributed by atoms with Crippen molar-refractivity contribution in [2.45, 2.75) is 19.9 Å². The number of carbonyl (C=O) groups excluding carboxylic acids is 2. The van der Waals surface area contributed by atoms with Crippen LogP contribution in [-0.2, 0) is 6.54 Å². The maximum atomic E-state index is 13.1. The summed E-state index contributed by atoms with van der Waals surface area (Å²) in [5, 5.41) is 5.43. The van der Waals surface area contributed by atoms with Gasteiger partial charge < -0.3 is 19.9 Å². The molecule has 35 heavy (non-hydrogen) atoms. The number of aromatic nitrogens is 2. The molecule has 3 aromatic rings. The minimum Gasteiger partial charge on any atom is -0.491 e. The molecule has 184 valence electrons. The number of aryl methyl sites for hydroxylation is 1. The van der Waals surface area contributed by atoms with Crippen LogP contribution in [0.15, 0.2) is 60.9 Å². The van der Waals surface area contributed by atoms with Crippen LogP contribution in [-0.4, -0.2) is 66.0 Å². The molecule has 9 heteroatoms. The van der Waals surface area contributed by atoms with E-state index in [-0.39, 0.29) is 5.91 Å². The Kier molecular flexibility index (Phi) is 9.14. The minimum absolute atomic E-state index is 0.141. The first kappa shape index (κ1) is 25.6. The molecule has 0 saturated heterocycles. The van der Waals surface area contributed by atoms with E-state index in [1.165, 1.54) is 6.20 Å². The second kappa shape index (κ2) is 12.5. The van der Waals surface area contributed by atoms with Gasteiger partial charge in [0.25, 0.3) is 5.91 Å². The van der Waals surface area contributed by atoms with Gasteiger partial charge in [0, 0.05) is 25.7 Å². The van der Waals surface area contributed by atoms with Crippen LogP contribution in [0.2, 0.25) is 0 Å². The Morgan fingerprint density at radius 1 is 0.971 bits per heavy atom. The first-order valence-corrected chi connectivity index (χ1v) is 11.4. The fourth-order valence-electron chi connectivity index (χ4n) is 3.32. The molecule has 0 aliphatic rings. The van der Waals surface area contributed by atoms with Crippen LogP contribution in [0, 0.1) is 6.92 Å². The van der Waals surface area contributed by atoms with Gasteiger partial charge in [0.1, 0.15) is 5.75 Å². The Morgan fingerprint density at radius 2 is 1.74 bits per heavy atom. The lowest BCUT2D eigenvalue weighted by Gasteiger charge is -2.19. The van der Waals surface area contributed by atoms with E-state index in [9.17, 15) is 9.59 Å². The highest BCUT2D eigenvalue weighted by atomic mass is 16.5. The molecule has 0 aliphatic carbocycles. The second-order valence-electron chi connectivity index (χ2n) is 8.49. The second-order valence-corrected chi connectivity index (χ2v) is 8.49. The first-order valence-electron chi connectivity index (χ1n) is 11.4. The van der Waals surface area contributed by atoms with Crippen molar-refractivity contribution < 1.29 is 14.3 Å². The molecular formula is C26H32N6O3. The number of amides is 3. The summed E-state index contributed by atoms with van der Waals surface area (Å²) >= 11 is 0. The van der Waals surface area contributed by atoms with E-state index in [0.29, 0.717) is 36.0 Å². The molecule has 2 aromatic carbocycles. The standard InChI is InChI=1S/C26H32N6O3/c1-19-16-28-24(17-27-19)30-26(34)29-22-12-11-21(15-23(22)35-14-8-13-31(2)3)25(33)32(4)18-20-9-6-5-7-10-20/h5-7,9-12,15-17H,8,13-14,18H2,1-4H3,(H2,28,29,30,34). The largest absolute Gasteiger partial charge is 0.491 e. The summed E-state index contributed by atoms with van der Waals surface area (Å²) in [6.07, 6.45) is 3.85. The third kappa shape index (κ3) is 8.08. The lowest BCUT2D eigenvalue weighted by atomic mass is 10.1. The average molecular weight is 477 g/mol. The monoisotopic (exact) mass is 476 g/mol. The van der Waals surface area contributed by atoms with Gasteiger partial charge in [-0.1, -0.05) is 30.3 Å². The minimum atomic E-state index is -0.485. The summed E-state index contributed by atoms with van der Waals surface area (Å²) in [5.74, 6) is 0.613. The van der Waals surface area contributed by atoms with E-state index in [0.717, 1.165) is 24.2 Å². The number of ether oxygens (including phenoxy) is 1. The van der Waals surface area contributed by atoms with Crippen LogP contribution >= 0.6 is 0 Å². The fraction of sp³-hybridized carbons (Fsp3) is 0.308. The van der Waals surface area contributed by atoms with Gasteiger partial charge in [-0.2, -0.15) is 0 Å². The Hall–Kier alpha value is -3.98. The molecule has 0 spiro atoms. The smallest absolute Gasteiger partial charge is 0.324 e. The molecule has 9 nitrogen and oxygen atoms in total. The van der Waals surface area contributed by atoms with E-state index in [4.69, 9.17) is 4.74 Å². The zero-order chi connectivity index (χ0) is 25.2. The molecule has 3 rings (SSSR count). The first-order chi connectivity index (χ1) is 16.8. The van der Waals surface area contributed by atoms with E-state index in [1.807, 2.05) is 51.4 Å². The summed E-state index contributed by atoms with van der Waals surface area (Å²) < 4.78 is 5.98. The Morgan fingerprint density at radius 3 is 2.43 bits per heavy atom. The molecule has 0 saturated carbocycles. The van der Waals surface area contributed by atoms with Crippen molar-refractivity contribution in [3.8, 4) is 5.75 Å². The molecule has 0 unspecified atom stereocenters.